The summed E-state index contributed by atoms with van der Waals surface area (Å²) in [6.45, 7) is 0. The van der Waals surface area contributed by atoms with E-state index in [1.54, 1.807) is 0 Å². The Morgan fingerprint density at radius 1 is 0.306 bits per heavy atom. The molecule has 49 heavy (non-hydrogen) atoms. The van der Waals surface area contributed by atoms with Gasteiger partial charge >= 0.3 is 0 Å². The molecule has 0 aliphatic carbocycles. The largest absolute Gasteiger partial charge is 0.208 e. The van der Waals surface area contributed by atoms with E-state index >= 15 is 0 Å². The van der Waals surface area contributed by atoms with Gasteiger partial charge in [0.2, 0.25) is 0 Å². The SMILES string of the molecule is c1ccc(-c2nc(-c3cccc(-c4ccc5c(ccc6ccc7sc8ccccc8c7c65)c4)c3)nc(-c3ccc4ccccc4c3)n2)cc1. The Morgan fingerprint density at radius 3 is 1.78 bits per heavy atom. The second-order valence-electron chi connectivity index (χ2n) is 12.5. The molecule has 2 aromatic heterocycles. The van der Waals surface area contributed by atoms with E-state index < -0.39 is 0 Å². The topological polar surface area (TPSA) is 38.7 Å². The van der Waals surface area contributed by atoms with Crippen LogP contribution in [0.1, 0.15) is 0 Å². The quantitative estimate of drug-likeness (QED) is 0.180. The molecule has 0 N–H and O–H groups in total. The van der Waals surface area contributed by atoms with E-state index in [2.05, 4.69) is 133 Å². The smallest absolute Gasteiger partial charge is 0.164 e. The number of thiophene rings is 1. The lowest BCUT2D eigenvalue weighted by molar-refractivity contribution is 1.07. The number of nitrogens with zero attached hydrogens (tertiary/aromatic N) is 3. The van der Waals surface area contributed by atoms with Crippen LogP contribution in [-0.2, 0) is 0 Å². The van der Waals surface area contributed by atoms with Gasteiger partial charge in [0, 0.05) is 36.9 Å². The number of hydrogen-bond acceptors (Lipinski definition) is 4. The first kappa shape index (κ1) is 27.8. The van der Waals surface area contributed by atoms with Crippen molar-refractivity contribution in [3.05, 3.63) is 164 Å². The summed E-state index contributed by atoms with van der Waals surface area (Å²) in [7, 11) is 0. The molecule has 0 saturated heterocycles. The molecule has 0 atom stereocenters. The molecule has 0 bridgehead atoms. The van der Waals surface area contributed by atoms with Crippen molar-refractivity contribution in [3.63, 3.8) is 0 Å². The zero-order valence-corrected chi connectivity index (χ0v) is 27.2. The molecule has 10 aromatic rings. The van der Waals surface area contributed by atoms with Crippen LogP contribution >= 0.6 is 11.3 Å². The summed E-state index contributed by atoms with van der Waals surface area (Å²) in [5.41, 5.74) is 5.14. The van der Waals surface area contributed by atoms with E-state index in [1.165, 1.54) is 47.1 Å². The minimum atomic E-state index is 0.650. The number of hydrogen-bond donors (Lipinski definition) is 0. The van der Waals surface area contributed by atoms with Gasteiger partial charge in [0.1, 0.15) is 0 Å². The van der Waals surface area contributed by atoms with Crippen molar-refractivity contribution in [1.82, 2.24) is 15.0 Å². The third kappa shape index (κ3) is 4.76. The van der Waals surface area contributed by atoms with E-state index in [4.69, 9.17) is 15.0 Å². The van der Waals surface area contributed by atoms with E-state index in [9.17, 15) is 0 Å². The molecule has 0 spiro atoms. The molecule has 3 nitrogen and oxygen atoms in total. The highest BCUT2D eigenvalue weighted by atomic mass is 32.1. The van der Waals surface area contributed by atoms with Crippen LogP contribution in [0.2, 0.25) is 0 Å². The van der Waals surface area contributed by atoms with Gasteiger partial charge in [-0.1, -0.05) is 133 Å². The van der Waals surface area contributed by atoms with E-state index in [0.29, 0.717) is 17.5 Å². The van der Waals surface area contributed by atoms with Gasteiger partial charge in [0.15, 0.2) is 17.5 Å². The van der Waals surface area contributed by atoms with Gasteiger partial charge in [-0.25, -0.2) is 15.0 Å². The summed E-state index contributed by atoms with van der Waals surface area (Å²) in [6, 6.07) is 58.1. The maximum atomic E-state index is 5.05. The molecule has 0 unspecified atom stereocenters. The van der Waals surface area contributed by atoms with Crippen LogP contribution in [0.3, 0.4) is 0 Å². The third-order valence-corrected chi connectivity index (χ3v) is 10.6. The predicted octanol–water partition coefficient (Wildman–Crippen LogP) is 12.4. The van der Waals surface area contributed by atoms with Crippen LogP contribution < -0.4 is 0 Å². The first-order chi connectivity index (χ1) is 24.2. The van der Waals surface area contributed by atoms with Crippen molar-refractivity contribution >= 4 is 63.8 Å². The average molecular weight is 642 g/mol. The lowest BCUT2D eigenvalue weighted by Crippen LogP contribution is -2.00. The number of fused-ring (bicyclic) bond motifs is 8. The van der Waals surface area contributed by atoms with Crippen molar-refractivity contribution in [3.8, 4) is 45.3 Å². The number of benzene rings is 8. The summed E-state index contributed by atoms with van der Waals surface area (Å²) >= 11 is 1.87. The zero-order valence-electron chi connectivity index (χ0n) is 26.3. The maximum absolute atomic E-state index is 5.05. The Kier molecular flexibility index (Phi) is 6.36. The Balaban J connectivity index is 1.11. The van der Waals surface area contributed by atoms with Crippen LogP contribution in [-0.4, -0.2) is 15.0 Å². The maximum Gasteiger partial charge on any atom is 0.164 e. The van der Waals surface area contributed by atoms with Gasteiger partial charge in [0.25, 0.3) is 0 Å². The standard InChI is InChI=1S/C45H27N3S/c1-2-10-30(11-3-1)43-46-44(48-45(47-43)36-20-17-28-9-4-5-12-31(28)26-36)35-14-8-13-32(27-35)33-21-23-37-34(25-33)19-18-29-22-24-40-42(41(29)37)38-15-6-7-16-39(38)49-40/h1-27H. The minimum Gasteiger partial charge on any atom is -0.208 e. The van der Waals surface area contributed by atoms with Crippen LogP contribution in [0.15, 0.2) is 164 Å². The van der Waals surface area contributed by atoms with Crippen molar-refractivity contribution in [2.24, 2.45) is 0 Å². The average Bonchev–Trinajstić information content (AvgIpc) is 3.56. The fourth-order valence-corrected chi connectivity index (χ4v) is 8.18. The molecule has 0 fully saturated rings. The molecule has 8 aromatic carbocycles. The summed E-state index contributed by atoms with van der Waals surface area (Å²) in [5, 5.41) is 10.1. The second kappa shape index (κ2) is 11.2. The van der Waals surface area contributed by atoms with Crippen molar-refractivity contribution < 1.29 is 0 Å². The monoisotopic (exact) mass is 641 g/mol. The normalized spacial score (nSPS) is 11.7. The van der Waals surface area contributed by atoms with Gasteiger partial charge in [-0.05, 0) is 73.8 Å². The van der Waals surface area contributed by atoms with Crippen LogP contribution in [0.25, 0.3) is 97.8 Å². The van der Waals surface area contributed by atoms with Crippen molar-refractivity contribution in [1.29, 1.82) is 0 Å². The summed E-state index contributed by atoms with van der Waals surface area (Å²) in [4.78, 5) is 15.0. The van der Waals surface area contributed by atoms with Gasteiger partial charge in [-0.3, -0.25) is 0 Å². The van der Waals surface area contributed by atoms with Gasteiger partial charge in [0.05, 0.1) is 0 Å². The van der Waals surface area contributed by atoms with Gasteiger partial charge in [-0.15, -0.1) is 11.3 Å². The van der Waals surface area contributed by atoms with Crippen molar-refractivity contribution in [2.45, 2.75) is 0 Å². The summed E-state index contributed by atoms with van der Waals surface area (Å²) in [6.07, 6.45) is 0. The molecule has 0 saturated carbocycles. The lowest BCUT2D eigenvalue weighted by Gasteiger charge is -2.11. The molecule has 0 aliphatic rings. The van der Waals surface area contributed by atoms with E-state index in [-0.39, 0.29) is 0 Å². The second-order valence-corrected chi connectivity index (χ2v) is 13.5. The van der Waals surface area contributed by atoms with E-state index in [0.717, 1.165) is 33.2 Å². The number of aromatic nitrogens is 3. The number of rotatable bonds is 4. The molecule has 10 rings (SSSR count). The molecule has 0 amide bonds. The first-order valence-corrected chi connectivity index (χ1v) is 17.3. The van der Waals surface area contributed by atoms with Crippen LogP contribution in [0.5, 0.6) is 0 Å². The highest BCUT2D eigenvalue weighted by Gasteiger charge is 2.15. The Hall–Kier alpha value is -6.23. The third-order valence-electron chi connectivity index (χ3n) is 9.47. The molecular formula is C45H27N3S. The fraction of sp³-hybridized carbons (Fsp3) is 0. The van der Waals surface area contributed by atoms with Crippen molar-refractivity contribution in [2.75, 3.05) is 0 Å². The summed E-state index contributed by atoms with van der Waals surface area (Å²) < 4.78 is 2.65. The molecule has 4 heteroatoms. The summed E-state index contributed by atoms with van der Waals surface area (Å²) in [5.74, 6) is 1.96. The van der Waals surface area contributed by atoms with Gasteiger partial charge in [-0.2, -0.15) is 0 Å². The molecule has 0 aliphatic heterocycles. The zero-order chi connectivity index (χ0) is 32.3. The lowest BCUT2D eigenvalue weighted by atomic mass is 9.94. The van der Waals surface area contributed by atoms with Crippen LogP contribution in [0, 0.1) is 0 Å². The Labute approximate surface area is 286 Å². The molecule has 228 valence electrons. The molecule has 2 heterocycles. The van der Waals surface area contributed by atoms with Crippen LogP contribution in [0.4, 0.5) is 0 Å². The molecule has 0 radical (unpaired) electrons. The minimum absolute atomic E-state index is 0.650. The van der Waals surface area contributed by atoms with Gasteiger partial charge < -0.3 is 0 Å². The highest BCUT2D eigenvalue weighted by molar-refractivity contribution is 7.26. The van der Waals surface area contributed by atoms with E-state index in [1.807, 2.05) is 41.7 Å². The predicted molar refractivity (Wildman–Crippen MR) is 207 cm³/mol. The molecular weight excluding hydrogens is 615 g/mol. The first-order valence-electron chi connectivity index (χ1n) is 16.4. The highest BCUT2D eigenvalue weighted by Crippen LogP contribution is 2.42. The Morgan fingerprint density at radius 2 is 0.898 bits per heavy atom. The fourth-order valence-electron chi connectivity index (χ4n) is 7.07. The Bertz CT molecular complexity index is 2890.